The van der Waals surface area contributed by atoms with Crippen molar-refractivity contribution in [2.24, 2.45) is 10.8 Å². The molecule has 2 aromatic rings. The molecular formula is C35H59N3O3. The Morgan fingerprint density at radius 1 is 0.780 bits per heavy atom. The summed E-state index contributed by atoms with van der Waals surface area (Å²) in [6, 6.07) is 12.4. The minimum absolute atomic E-state index is 0.00467. The van der Waals surface area contributed by atoms with Crippen molar-refractivity contribution >= 4 is 0 Å². The number of pyridine rings is 1. The molecule has 0 aliphatic heterocycles. The highest BCUT2D eigenvalue weighted by Crippen LogP contribution is 2.33. The number of aryl methyl sites for hydroxylation is 1. The van der Waals surface area contributed by atoms with Crippen LogP contribution in [-0.2, 0) is 6.42 Å². The number of hydrogen-bond acceptors (Lipinski definition) is 6. The Balaban J connectivity index is 1.80. The Hall–Kier alpha value is -2.31. The van der Waals surface area contributed by atoms with Crippen LogP contribution in [0.15, 0.2) is 42.6 Å². The zero-order chi connectivity index (χ0) is 30.9. The summed E-state index contributed by atoms with van der Waals surface area (Å²) < 4.78 is 18.1. The maximum absolute atomic E-state index is 6.19. The normalized spacial score (nSPS) is 14.4. The fourth-order valence-corrected chi connectivity index (χ4v) is 4.82. The summed E-state index contributed by atoms with van der Waals surface area (Å²) in [7, 11) is 0. The number of benzene rings is 1. The molecule has 232 valence electrons. The number of aromatic nitrogens is 1. The van der Waals surface area contributed by atoms with Gasteiger partial charge in [-0.25, -0.2) is 4.98 Å². The molecule has 1 aromatic carbocycles. The molecule has 2 N–H and O–H groups in total. The van der Waals surface area contributed by atoms with Crippen molar-refractivity contribution in [1.29, 1.82) is 0 Å². The van der Waals surface area contributed by atoms with Crippen molar-refractivity contribution in [3.8, 4) is 17.4 Å². The van der Waals surface area contributed by atoms with Crippen molar-refractivity contribution in [1.82, 2.24) is 15.6 Å². The molecule has 1 aromatic heterocycles. The fourth-order valence-electron chi connectivity index (χ4n) is 4.82. The van der Waals surface area contributed by atoms with Gasteiger partial charge in [-0.1, -0.05) is 46.8 Å². The summed E-state index contributed by atoms with van der Waals surface area (Å²) >= 11 is 0. The Bertz CT molecular complexity index is 1040. The van der Waals surface area contributed by atoms with Crippen LogP contribution < -0.4 is 24.8 Å². The molecule has 0 aliphatic rings. The molecule has 6 nitrogen and oxygen atoms in total. The molecule has 0 radical (unpaired) electrons. The van der Waals surface area contributed by atoms with Crippen molar-refractivity contribution < 1.29 is 14.2 Å². The van der Waals surface area contributed by atoms with Crippen LogP contribution >= 0.6 is 0 Å². The first-order valence-electron chi connectivity index (χ1n) is 15.3. The fraction of sp³-hybridized carbons (Fsp3) is 0.686. The number of ether oxygens (including phenoxy) is 3. The van der Waals surface area contributed by atoms with E-state index in [1.54, 1.807) is 6.20 Å². The highest BCUT2D eigenvalue weighted by Gasteiger charge is 2.29. The number of rotatable bonds is 16. The molecule has 0 saturated carbocycles. The summed E-state index contributed by atoms with van der Waals surface area (Å²) in [6.45, 7) is 28.7. The summed E-state index contributed by atoms with van der Waals surface area (Å²) in [6.07, 6.45) is 5.02. The average Bonchev–Trinajstić information content (AvgIpc) is 2.84. The number of nitrogens with zero attached hydrogens (tertiary/aromatic N) is 1. The maximum Gasteiger partial charge on any atom is 0.213 e. The van der Waals surface area contributed by atoms with Gasteiger partial charge in [0.25, 0.3) is 0 Å². The smallest absolute Gasteiger partial charge is 0.213 e. The van der Waals surface area contributed by atoms with Gasteiger partial charge in [-0.2, -0.15) is 0 Å². The van der Waals surface area contributed by atoms with Crippen LogP contribution in [0.4, 0.5) is 0 Å². The van der Waals surface area contributed by atoms with Gasteiger partial charge in [0, 0.05) is 30.2 Å². The third kappa shape index (κ3) is 15.5. The van der Waals surface area contributed by atoms with Crippen LogP contribution in [0.1, 0.15) is 101 Å². The quantitative estimate of drug-likeness (QED) is 0.215. The van der Waals surface area contributed by atoms with Gasteiger partial charge in [-0.3, -0.25) is 0 Å². The molecule has 0 saturated heterocycles. The van der Waals surface area contributed by atoms with E-state index in [0.29, 0.717) is 12.5 Å². The lowest BCUT2D eigenvalue weighted by molar-refractivity contribution is 0.164. The van der Waals surface area contributed by atoms with Crippen molar-refractivity contribution in [3.05, 3.63) is 48.2 Å². The lowest BCUT2D eigenvalue weighted by Gasteiger charge is -2.36. The van der Waals surface area contributed by atoms with E-state index in [2.05, 4.69) is 123 Å². The molecule has 0 unspecified atom stereocenters. The predicted octanol–water partition coefficient (Wildman–Crippen LogP) is 7.85. The molecule has 1 heterocycles. The molecule has 2 rings (SSSR count). The monoisotopic (exact) mass is 569 g/mol. The highest BCUT2D eigenvalue weighted by atomic mass is 16.5. The van der Waals surface area contributed by atoms with E-state index in [0.717, 1.165) is 43.9 Å². The second-order valence-electron chi connectivity index (χ2n) is 15.4. The molecule has 0 fully saturated rings. The first kappa shape index (κ1) is 34.9. The van der Waals surface area contributed by atoms with Crippen LogP contribution in [0.25, 0.3) is 0 Å². The van der Waals surface area contributed by atoms with Crippen LogP contribution in [-0.4, -0.2) is 48.0 Å². The topological polar surface area (TPSA) is 64.6 Å². The van der Waals surface area contributed by atoms with E-state index in [4.69, 9.17) is 14.2 Å². The molecule has 2 atom stereocenters. The highest BCUT2D eigenvalue weighted by molar-refractivity contribution is 5.29. The molecule has 6 heteroatoms. The molecule has 41 heavy (non-hydrogen) atoms. The van der Waals surface area contributed by atoms with Gasteiger partial charge in [-0.05, 0) is 102 Å². The van der Waals surface area contributed by atoms with Crippen molar-refractivity contribution in [3.63, 3.8) is 0 Å². The van der Waals surface area contributed by atoms with E-state index < -0.39 is 0 Å². The van der Waals surface area contributed by atoms with E-state index in [-0.39, 0.29) is 34.1 Å². The zero-order valence-electron chi connectivity index (χ0n) is 28.1. The standard InChI is InChI=1S/C35H59N3O3/c1-26(21-37-33(6,7)8)40-29-15-13-14-28(20-29)18-19-34(9,10)24-35(11,12)38-22-27(2)41-31-17-16-30(23-36-31)39-25-32(3,4)5/h13-17,20,23,26-27,37-38H,18-19,21-22,24-25H2,1-12H3/t26-,27+/m1/s1. The van der Waals surface area contributed by atoms with Crippen LogP contribution in [0.3, 0.4) is 0 Å². The van der Waals surface area contributed by atoms with Crippen molar-refractivity contribution in [2.75, 3.05) is 19.7 Å². The van der Waals surface area contributed by atoms with Crippen LogP contribution in [0, 0.1) is 10.8 Å². The minimum atomic E-state index is -0.0281. The minimum Gasteiger partial charge on any atom is -0.491 e. The Labute approximate surface area is 251 Å². The van der Waals surface area contributed by atoms with Crippen molar-refractivity contribution in [2.45, 2.75) is 126 Å². The second kappa shape index (κ2) is 14.7. The second-order valence-corrected chi connectivity index (χ2v) is 15.4. The Kier molecular flexibility index (Phi) is 12.5. The van der Waals surface area contributed by atoms with Gasteiger partial charge in [0.15, 0.2) is 0 Å². The first-order valence-corrected chi connectivity index (χ1v) is 15.3. The number of nitrogens with one attached hydrogen (secondary N) is 2. The van der Waals surface area contributed by atoms with E-state index in [1.807, 2.05) is 12.1 Å². The summed E-state index contributed by atoms with van der Waals surface area (Å²) in [4.78, 5) is 4.43. The van der Waals surface area contributed by atoms with Crippen LogP contribution in [0.2, 0.25) is 0 Å². The summed E-state index contributed by atoms with van der Waals surface area (Å²) in [5.41, 5.74) is 1.66. The van der Waals surface area contributed by atoms with Crippen LogP contribution in [0.5, 0.6) is 17.4 Å². The number of hydrogen-bond donors (Lipinski definition) is 2. The third-order valence-electron chi connectivity index (χ3n) is 6.74. The Morgan fingerprint density at radius 2 is 1.44 bits per heavy atom. The molecule has 0 aliphatic carbocycles. The molecule has 0 spiro atoms. The van der Waals surface area contributed by atoms with Gasteiger partial charge in [0.1, 0.15) is 23.7 Å². The molecule has 0 bridgehead atoms. The van der Waals surface area contributed by atoms with Gasteiger partial charge in [0.2, 0.25) is 5.88 Å². The molecule has 0 amide bonds. The van der Waals surface area contributed by atoms with Gasteiger partial charge < -0.3 is 24.8 Å². The van der Waals surface area contributed by atoms with E-state index in [9.17, 15) is 0 Å². The zero-order valence-corrected chi connectivity index (χ0v) is 28.1. The largest absolute Gasteiger partial charge is 0.491 e. The SMILES string of the molecule is C[C@H](CNC(C)(C)C)Oc1cccc(CCC(C)(C)CC(C)(C)NC[C@H](C)Oc2ccc(OCC(C)(C)C)cn2)c1. The summed E-state index contributed by atoms with van der Waals surface area (Å²) in [5, 5.41) is 7.25. The third-order valence-corrected chi connectivity index (χ3v) is 6.74. The lowest BCUT2D eigenvalue weighted by Crippen LogP contribution is -2.46. The van der Waals surface area contributed by atoms with Gasteiger partial charge in [0.05, 0.1) is 12.8 Å². The lowest BCUT2D eigenvalue weighted by atomic mass is 9.76. The first-order chi connectivity index (χ1) is 18.8. The predicted molar refractivity (Wildman–Crippen MR) is 172 cm³/mol. The Morgan fingerprint density at radius 3 is 2.05 bits per heavy atom. The summed E-state index contributed by atoms with van der Waals surface area (Å²) in [5.74, 6) is 2.33. The maximum atomic E-state index is 6.19. The van der Waals surface area contributed by atoms with E-state index in [1.165, 1.54) is 5.56 Å². The van der Waals surface area contributed by atoms with Gasteiger partial charge in [-0.15, -0.1) is 0 Å². The average molecular weight is 570 g/mol. The van der Waals surface area contributed by atoms with Gasteiger partial charge >= 0.3 is 0 Å². The molecular weight excluding hydrogens is 510 g/mol. The van der Waals surface area contributed by atoms with E-state index >= 15 is 0 Å².